The summed E-state index contributed by atoms with van der Waals surface area (Å²) >= 11 is 5.98. The van der Waals surface area contributed by atoms with E-state index in [-0.39, 0.29) is 0 Å². The molecule has 2 rings (SSSR count). The molecule has 19 heavy (non-hydrogen) atoms. The Morgan fingerprint density at radius 1 is 1.21 bits per heavy atom. The molecule has 4 heteroatoms. The zero-order valence-corrected chi connectivity index (χ0v) is 11.8. The van der Waals surface area contributed by atoms with Crippen LogP contribution in [0.25, 0.3) is 0 Å². The van der Waals surface area contributed by atoms with Gasteiger partial charge in [0.05, 0.1) is 0 Å². The van der Waals surface area contributed by atoms with Gasteiger partial charge in [-0.25, -0.2) is 4.98 Å². The lowest BCUT2D eigenvalue weighted by Crippen LogP contribution is -2.11. The number of benzene rings is 1. The fraction of sp³-hybridized carbons (Fsp3) is 0.267. The fourth-order valence-corrected chi connectivity index (χ4v) is 1.87. The second-order valence-corrected chi connectivity index (χ2v) is 4.97. The van der Waals surface area contributed by atoms with Crippen LogP contribution in [-0.4, -0.2) is 11.0 Å². The molecule has 0 amide bonds. The molecule has 0 saturated heterocycles. The van der Waals surface area contributed by atoms with Crippen LogP contribution in [0, 0.1) is 0 Å². The topological polar surface area (TPSA) is 34.1 Å². The molecule has 0 aliphatic heterocycles. The summed E-state index contributed by atoms with van der Waals surface area (Å²) in [7, 11) is 0. The maximum Gasteiger partial charge on any atom is 0.135 e. The minimum Gasteiger partial charge on any atom is -0.489 e. The molecule has 1 aromatic heterocycles. The molecule has 1 N–H and O–H groups in total. The van der Waals surface area contributed by atoms with Crippen LogP contribution < -0.4 is 10.1 Å². The van der Waals surface area contributed by atoms with E-state index >= 15 is 0 Å². The van der Waals surface area contributed by atoms with E-state index in [0.717, 1.165) is 11.4 Å². The van der Waals surface area contributed by atoms with Crippen LogP contribution in [0.1, 0.15) is 19.4 Å². The summed E-state index contributed by atoms with van der Waals surface area (Å²) in [5, 5.41) is 3.63. The second-order valence-electron chi connectivity index (χ2n) is 4.58. The Labute approximate surface area is 118 Å². The summed E-state index contributed by atoms with van der Waals surface area (Å²) in [6, 6.07) is 13.9. The zero-order chi connectivity index (χ0) is 13.7. The van der Waals surface area contributed by atoms with Crippen molar-refractivity contribution in [3.8, 4) is 5.75 Å². The van der Waals surface area contributed by atoms with Gasteiger partial charge in [-0.2, -0.15) is 0 Å². The van der Waals surface area contributed by atoms with E-state index in [4.69, 9.17) is 16.3 Å². The number of ether oxygens (including phenoxy) is 1. The van der Waals surface area contributed by atoms with Gasteiger partial charge in [0.2, 0.25) is 0 Å². The van der Waals surface area contributed by atoms with Crippen molar-refractivity contribution in [2.75, 3.05) is 5.32 Å². The SMILES string of the molecule is CC(C)Nc1cc(OCc2ccccc2)cc(Cl)n1. The Bertz CT molecular complexity index is 529. The lowest BCUT2D eigenvalue weighted by atomic mass is 10.2. The molecule has 0 fully saturated rings. The monoisotopic (exact) mass is 276 g/mol. The molecule has 0 unspecified atom stereocenters. The molecule has 100 valence electrons. The standard InChI is InChI=1S/C15H17ClN2O/c1-11(2)17-15-9-13(8-14(16)18-15)19-10-12-6-4-3-5-7-12/h3-9,11H,10H2,1-2H3,(H,17,18). The molecular weight excluding hydrogens is 260 g/mol. The van der Waals surface area contributed by atoms with Crippen LogP contribution in [0.2, 0.25) is 5.15 Å². The van der Waals surface area contributed by atoms with Crippen LogP contribution in [0.5, 0.6) is 5.75 Å². The van der Waals surface area contributed by atoms with Crippen LogP contribution in [0.15, 0.2) is 42.5 Å². The third kappa shape index (κ3) is 4.45. The number of nitrogens with zero attached hydrogens (tertiary/aromatic N) is 1. The molecule has 0 aliphatic carbocycles. The van der Waals surface area contributed by atoms with Crippen LogP contribution >= 0.6 is 11.6 Å². The molecule has 0 saturated carbocycles. The Kier molecular flexibility index (Phi) is 4.63. The van der Waals surface area contributed by atoms with E-state index in [1.807, 2.05) is 50.2 Å². The minimum absolute atomic E-state index is 0.299. The van der Waals surface area contributed by atoms with Gasteiger partial charge in [0.15, 0.2) is 0 Å². The molecule has 0 atom stereocenters. The summed E-state index contributed by atoms with van der Waals surface area (Å²) < 4.78 is 5.73. The smallest absolute Gasteiger partial charge is 0.135 e. The quantitative estimate of drug-likeness (QED) is 0.834. The molecule has 0 aliphatic rings. The van der Waals surface area contributed by atoms with Gasteiger partial charge in [0, 0.05) is 18.2 Å². The number of rotatable bonds is 5. The summed E-state index contributed by atoms with van der Waals surface area (Å²) in [5.41, 5.74) is 1.12. The zero-order valence-electron chi connectivity index (χ0n) is 11.1. The van der Waals surface area contributed by atoms with E-state index in [1.165, 1.54) is 0 Å². The Balaban J connectivity index is 2.05. The molecule has 0 spiro atoms. The third-order valence-corrected chi connectivity index (χ3v) is 2.65. The van der Waals surface area contributed by atoms with Gasteiger partial charge >= 0.3 is 0 Å². The Hall–Kier alpha value is -1.74. The first-order valence-electron chi connectivity index (χ1n) is 6.24. The highest BCUT2D eigenvalue weighted by atomic mass is 35.5. The summed E-state index contributed by atoms with van der Waals surface area (Å²) in [6.07, 6.45) is 0. The lowest BCUT2D eigenvalue weighted by molar-refractivity contribution is 0.306. The van der Waals surface area contributed by atoms with Gasteiger partial charge in [0.25, 0.3) is 0 Å². The van der Waals surface area contributed by atoms with Crippen LogP contribution in [0.4, 0.5) is 5.82 Å². The van der Waals surface area contributed by atoms with Crippen molar-refractivity contribution in [2.45, 2.75) is 26.5 Å². The van der Waals surface area contributed by atoms with Gasteiger partial charge in [0.1, 0.15) is 23.3 Å². The Morgan fingerprint density at radius 2 is 1.95 bits per heavy atom. The summed E-state index contributed by atoms with van der Waals surface area (Å²) in [4.78, 5) is 4.20. The largest absolute Gasteiger partial charge is 0.489 e. The van der Waals surface area contributed by atoms with Gasteiger partial charge in [-0.1, -0.05) is 41.9 Å². The third-order valence-electron chi connectivity index (χ3n) is 2.45. The first kappa shape index (κ1) is 13.7. The first-order chi connectivity index (χ1) is 9.13. The Morgan fingerprint density at radius 3 is 2.63 bits per heavy atom. The van der Waals surface area contributed by atoms with Crippen molar-refractivity contribution >= 4 is 17.4 Å². The van der Waals surface area contributed by atoms with Crippen molar-refractivity contribution in [1.29, 1.82) is 0 Å². The minimum atomic E-state index is 0.299. The van der Waals surface area contributed by atoms with E-state index in [1.54, 1.807) is 6.07 Å². The number of anilines is 1. The molecule has 1 aromatic carbocycles. The first-order valence-corrected chi connectivity index (χ1v) is 6.62. The van der Waals surface area contributed by atoms with Crippen LogP contribution in [-0.2, 0) is 6.61 Å². The number of hydrogen-bond acceptors (Lipinski definition) is 3. The van der Waals surface area contributed by atoms with Crippen molar-refractivity contribution < 1.29 is 4.74 Å². The molecule has 3 nitrogen and oxygen atoms in total. The highest BCUT2D eigenvalue weighted by molar-refractivity contribution is 6.29. The normalized spacial score (nSPS) is 10.5. The highest BCUT2D eigenvalue weighted by Gasteiger charge is 2.04. The average Bonchev–Trinajstić information content (AvgIpc) is 2.36. The molecule has 0 bridgehead atoms. The number of nitrogens with one attached hydrogen (secondary N) is 1. The van der Waals surface area contributed by atoms with Crippen molar-refractivity contribution in [2.24, 2.45) is 0 Å². The van der Waals surface area contributed by atoms with E-state index in [9.17, 15) is 0 Å². The van der Waals surface area contributed by atoms with Gasteiger partial charge < -0.3 is 10.1 Å². The van der Waals surface area contributed by atoms with Crippen molar-refractivity contribution in [3.05, 3.63) is 53.2 Å². The number of pyridine rings is 1. The number of aromatic nitrogens is 1. The van der Waals surface area contributed by atoms with Gasteiger partial charge in [-0.05, 0) is 19.4 Å². The number of halogens is 1. The second kappa shape index (κ2) is 6.43. The van der Waals surface area contributed by atoms with Gasteiger partial charge in [-0.15, -0.1) is 0 Å². The highest BCUT2D eigenvalue weighted by Crippen LogP contribution is 2.22. The fourth-order valence-electron chi connectivity index (χ4n) is 1.67. The number of hydrogen-bond donors (Lipinski definition) is 1. The van der Waals surface area contributed by atoms with Gasteiger partial charge in [-0.3, -0.25) is 0 Å². The molecule has 0 radical (unpaired) electrons. The van der Waals surface area contributed by atoms with Crippen molar-refractivity contribution in [1.82, 2.24) is 4.98 Å². The van der Waals surface area contributed by atoms with E-state index < -0.39 is 0 Å². The maximum atomic E-state index is 5.98. The molecule has 1 heterocycles. The average molecular weight is 277 g/mol. The van der Waals surface area contributed by atoms with E-state index in [2.05, 4.69) is 10.3 Å². The molecular formula is C15H17ClN2O. The maximum absolute atomic E-state index is 5.98. The van der Waals surface area contributed by atoms with E-state index in [0.29, 0.717) is 23.6 Å². The molecule has 2 aromatic rings. The summed E-state index contributed by atoms with van der Waals surface area (Å²) in [5.74, 6) is 1.44. The lowest BCUT2D eigenvalue weighted by Gasteiger charge is -2.12. The van der Waals surface area contributed by atoms with Crippen molar-refractivity contribution in [3.63, 3.8) is 0 Å². The van der Waals surface area contributed by atoms with Crippen LogP contribution in [0.3, 0.4) is 0 Å². The predicted molar refractivity (Wildman–Crippen MR) is 78.8 cm³/mol. The predicted octanol–water partition coefficient (Wildman–Crippen LogP) is 4.13. The summed E-state index contributed by atoms with van der Waals surface area (Å²) in [6.45, 7) is 4.61.